The number of carbonyl (C=O) groups excluding carboxylic acids is 2. The van der Waals surface area contributed by atoms with Crippen LogP contribution >= 0.6 is 0 Å². The minimum absolute atomic E-state index is 0.0295. The molecule has 0 spiro atoms. The molecule has 0 saturated heterocycles. The molecule has 4 heteroatoms. The Labute approximate surface area is 130 Å². The van der Waals surface area contributed by atoms with Crippen LogP contribution in [0.15, 0.2) is 42.5 Å². The fourth-order valence-electron chi connectivity index (χ4n) is 2.79. The summed E-state index contributed by atoms with van der Waals surface area (Å²) in [6, 6.07) is 13.7. The molecular formula is C18H22N2O2. The van der Waals surface area contributed by atoms with Gasteiger partial charge in [0.25, 0.3) is 0 Å². The SMILES string of the molecule is CCC(=O)N(CC)C(CC(N)=O)c1ccc2ccccc2c1. The summed E-state index contributed by atoms with van der Waals surface area (Å²) in [6.45, 7) is 4.30. The lowest BCUT2D eigenvalue weighted by Gasteiger charge is -2.30. The molecule has 0 bridgehead atoms. The largest absolute Gasteiger partial charge is 0.370 e. The van der Waals surface area contributed by atoms with Crippen LogP contribution in [-0.2, 0) is 9.59 Å². The van der Waals surface area contributed by atoms with Gasteiger partial charge in [-0.1, -0.05) is 43.3 Å². The van der Waals surface area contributed by atoms with Gasteiger partial charge in [0.05, 0.1) is 12.5 Å². The van der Waals surface area contributed by atoms with Crippen LogP contribution in [0.5, 0.6) is 0 Å². The van der Waals surface area contributed by atoms with Crippen LogP contribution in [0.1, 0.15) is 38.3 Å². The van der Waals surface area contributed by atoms with Gasteiger partial charge in [0.1, 0.15) is 0 Å². The predicted octanol–water partition coefficient (Wildman–Crippen LogP) is 3.01. The molecule has 2 aromatic rings. The van der Waals surface area contributed by atoms with E-state index in [1.165, 1.54) is 0 Å². The topological polar surface area (TPSA) is 63.4 Å². The molecule has 0 aliphatic carbocycles. The van der Waals surface area contributed by atoms with Gasteiger partial charge in [-0.25, -0.2) is 0 Å². The quantitative estimate of drug-likeness (QED) is 0.891. The highest BCUT2D eigenvalue weighted by Gasteiger charge is 2.24. The van der Waals surface area contributed by atoms with Crippen molar-refractivity contribution < 1.29 is 9.59 Å². The van der Waals surface area contributed by atoms with Gasteiger partial charge >= 0.3 is 0 Å². The Morgan fingerprint density at radius 1 is 1.09 bits per heavy atom. The Hall–Kier alpha value is -2.36. The van der Waals surface area contributed by atoms with E-state index in [0.717, 1.165) is 16.3 Å². The molecule has 0 heterocycles. The van der Waals surface area contributed by atoms with Crippen LogP contribution < -0.4 is 5.73 Å². The molecule has 0 saturated carbocycles. The van der Waals surface area contributed by atoms with Gasteiger partial charge in [0.2, 0.25) is 11.8 Å². The van der Waals surface area contributed by atoms with E-state index in [9.17, 15) is 9.59 Å². The van der Waals surface area contributed by atoms with E-state index in [-0.39, 0.29) is 18.4 Å². The first kappa shape index (κ1) is 16.0. The third-order valence-corrected chi connectivity index (χ3v) is 3.89. The monoisotopic (exact) mass is 298 g/mol. The molecule has 0 aromatic heterocycles. The Morgan fingerprint density at radius 3 is 2.36 bits per heavy atom. The summed E-state index contributed by atoms with van der Waals surface area (Å²) in [5.41, 5.74) is 6.35. The summed E-state index contributed by atoms with van der Waals surface area (Å²) in [5, 5.41) is 2.23. The Balaban J connectivity index is 2.45. The highest BCUT2D eigenvalue weighted by atomic mass is 16.2. The van der Waals surface area contributed by atoms with Gasteiger partial charge in [-0.15, -0.1) is 0 Å². The molecule has 2 rings (SSSR count). The lowest BCUT2D eigenvalue weighted by Crippen LogP contribution is -2.36. The third-order valence-electron chi connectivity index (χ3n) is 3.89. The maximum atomic E-state index is 12.2. The zero-order chi connectivity index (χ0) is 16.1. The molecule has 2 amide bonds. The molecule has 0 fully saturated rings. The molecule has 4 nitrogen and oxygen atoms in total. The summed E-state index contributed by atoms with van der Waals surface area (Å²) in [4.78, 5) is 25.4. The van der Waals surface area contributed by atoms with E-state index in [1.807, 2.05) is 56.3 Å². The standard InChI is InChI=1S/C18H22N2O2/c1-3-18(22)20(4-2)16(12-17(19)21)15-10-9-13-7-5-6-8-14(13)11-15/h5-11,16H,3-4,12H2,1-2H3,(H2,19,21). The first-order valence-corrected chi connectivity index (χ1v) is 7.63. The second kappa shape index (κ2) is 7.07. The molecule has 1 unspecified atom stereocenters. The average molecular weight is 298 g/mol. The molecule has 1 atom stereocenters. The van der Waals surface area contributed by atoms with Crippen LogP contribution in [0.4, 0.5) is 0 Å². The van der Waals surface area contributed by atoms with E-state index in [2.05, 4.69) is 0 Å². The number of primary amides is 1. The van der Waals surface area contributed by atoms with Crippen molar-refractivity contribution in [2.24, 2.45) is 5.73 Å². The first-order chi connectivity index (χ1) is 10.6. The van der Waals surface area contributed by atoms with Crippen LogP contribution in [0.2, 0.25) is 0 Å². The lowest BCUT2D eigenvalue weighted by atomic mass is 9.98. The van der Waals surface area contributed by atoms with Crippen molar-refractivity contribution in [1.82, 2.24) is 4.90 Å². The zero-order valence-corrected chi connectivity index (χ0v) is 13.1. The van der Waals surface area contributed by atoms with Crippen LogP contribution in [0.3, 0.4) is 0 Å². The number of amides is 2. The maximum Gasteiger partial charge on any atom is 0.222 e. The summed E-state index contributed by atoms with van der Waals surface area (Å²) >= 11 is 0. The minimum atomic E-state index is -0.402. The molecule has 22 heavy (non-hydrogen) atoms. The minimum Gasteiger partial charge on any atom is -0.370 e. The van der Waals surface area contributed by atoms with Crippen molar-refractivity contribution >= 4 is 22.6 Å². The van der Waals surface area contributed by atoms with Gasteiger partial charge in [-0.3, -0.25) is 9.59 Å². The predicted molar refractivity (Wildman–Crippen MR) is 88.2 cm³/mol. The lowest BCUT2D eigenvalue weighted by molar-refractivity contribution is -0.134. The smallest absolute Gasteiger partial charge is 0.222 e. The number of nitrogens with two attached hydrogens (primary N) is 1. The van der Waals surface area contributed by atoms with Crippen LogP contribution in [0, 0.1) is 0 Å². The van der Waals surface area contributed by atoms with Gasteiger partial charge in [-0.05, 0) is 29.3 Å². The van der Waals surface area contributed by atoms with Gasteiger partial charge in [0, 0.05) is 13.0 Å². The number of benzene rings is 2. The van der Waals surface area contributed by atoms with E-state index in [1.54, 1.807) is 4.90 Å². The highest BCUT2D eigenvalue weighted by molar-refractivity contribution is 5.84. The number of fused-ring (bicyclic) bond motifs is 1. The van der Waals surface area contributed by atoms with E-state index >= 15 is 0 Å². The molecule has 116 valence electrons. The van der Waals surface area contributed by atoms with E-state index < -0.39 is 5.91 Å². The van der Waals surface area contributed by atoms with Gasteiger partial charge in [-0.2, -0.15) is 0 Å². The molecular weight excluding hydrogens is 276 g/mol. The second-order valence-electron chi connectivity index (χ2n) is 5.33. The second-order valence-corrected chi connectivity index (χ2v) is 5.33. The van der Waals surface area contributed by atoms with Crippen LogP contribution in [0.25, 0.3) is 10.8 Å². The van der Waals surface area contributed by atoms with Crippen molar-refractivity contribution in [3.05, 3.63) is 48.0 Å². The Bertz CT molecular complexity index is 682. The van der Waals surface area contributed by atoms with Crippen molar-refractivity contribution in [2.75, 3.05) is 6.54 Å². The fourth-order valence-corrected chi connectivity index (χ4v) is 2.79. The maximum absolute atomic E-state index is 12.2. The summed E-state index contributed by atoms with van der Waals surface area (Å²) < 4.78 is 0. The van der Waals surface area contributed by atoms with Crippen molar-refractivity contribution in [3.8, 4) is 0 Å². The Kier molecular flexibility index (Phi) is 5.15. The summed E-state index contributed by atoms with van der Waals surface area (Å²) in [7, 11) is 0. The summed E-state index contributed by atoms with van der Waals surface area (Å²) in [5.74, 6) is -0.373. The average Bonchev–Trinajstić information content (AvgIpc) is 2.53. The molecule has 0 aliphatic heterocycles. The normalized spacial score (nSPS) is 12.1. The summed E-state index contributed by atoms with van der Waals surface area (Å²) in [6.07, 6.45) is 0.550. The van der Waals surface area contributed by atoms with E-state index in [0.29, 0.717) is 13.0 Å². The van der Waals surface area contributed by atoms with E-state index in [4.69, 9.17) is 5.73 Å². The number of hydrogen-bond acceptors (Lipinski definition) is 2. The number of rotatable bonds is 6. The third kappa shape index (κ3) is 3.45. The Morgan fingerprint density at radius 2 is 1.77 bits per heavy atom. The highest BCUT2D eigenvalue weighted by Crippen LogP contribution is 2.28. The first-order valence-electron chi connectivity index (χ1n) is 7.63. The molecule has 2 aromatic carbocycles. The number of hydrogen-bond donors (Lipinski definition) is 1. The number of nitrogens with zero attached hydrogens (tertiary/aromatic N) is 1. The van der Waals surface area contributed by atoms with Gasteiger partial charge < -0.3 is 10.6 Å². The molecule has 0 aliphatic rings. The molecule has 0 radical (unpaired) electrons. The number of carbonyl (C=O) groups is 2. The van der Waals surface area contributed by atoms with Crippen LogP contribution in [-0.4, -0.2) is 23.3 Å². The fraction of sp³-hybridized carbons (Fsp3) is 0.333. The zero-order valence-electron chi connectivity index (χ0n) is 13.1. The van der Waals surface area contributed by atoms with Crippen molar-refractivity contribution in [1.29, 1.82) is 0 Å². The van der Waals surface area contributed by atoms with Gasteiger partial charge in [0.15, 0.2) is 0 Å². The van der Waals surface area contributed by atoms with Crippen molar-refractivity contribution in [3.63, 3.8) is 0 Å². The molecule has 2 N–H and O–H groups in total. The van der Waals surface area contributed by atoms with Crippen molar-refractivity contribution in [2.45, 2.75) is 32.7 Å².